The molecule has 0 aliphatic carbocycles. The van der Waals surface area contributed by atoms with E-state index >= 15 is 0 Å². The second kappa shape index (κ2) is 5.36. The fourth-order valence-corrected chi connectivity index (χ4v) is 1.89. The number of rotatable bonds is 2. The van der Waals surface area contributed by atoms with Crippen molar-refractivity contribution in [2.24, 2.45) is 11.1 Å². The number of nitrogens with zero attached hydrogens (tertiary/aromatic N) is 2. The first kappa shape index (κ1) is 14.5. The zero-order chi connectivity index (χ0) is 13.9. The largest absolute Gasteiger partial charge is 0.376 e. The van der Waals surface area contributed by atoms with E-state index in [9.17, 15) is 0 Å². The lowest BCUT2D eigenvalue weighted by Crippen LogP contribution is -2.48. The van der Waals surface area contributed by atoms with Gasteiger partial charge in [0.25, 0.3) is 0 Å². The molecule has 2 N–H and O–H groups in total. The molecule has 0 bridgehead atoms. The summed E-state index contributed by atoms with van der Waals surface area (Å²) in [6, 6.07) is 9.57. The Labute approximate surface area is 114 Å². The average Bonchev–Trinajstić information content (AvgIpc) is 2.28. The molecule has 0 spiro atoms. The smallest absolute Gasteiger partial charge is 0.171 e. The molecule has 0 heterocycles. The Kier molecular flexibility index (Phi) is 4.31. The Bertz CT molecular complexity index is 465. The Balaban J connectivity index is 3.13. The third-order valence-corrected chi connectivity index (χ3v) is 3.35. The van der Waals surface area contributed by atoms with Crippen molar-refractivity contribution in [1.29, 1.82) is 5.26 Å². The van der Waals surface area contributed by atoms with Gasteiger partial charge in [-0.1, -0.05) is 20.8 Å². The van der Waals surface area contributed by atoms with E-state index in [0.29, 0.717) is 10.7 Å². The van der Waals surface area contributed by atoms with Crippen LogP contribution >= 0.6 is 12.2 Å². The van der Waals surface area contributed by atoms with Gasteiger partial charge in [0, 0.05) is 11.7 Å². The van der Waals surface area contributed by atoms with Gasteiger partial charge in [0.05, 0.1) is 11.6 Å². The first-order valence-corrected chi connectivity index (χ1v) is 6.27. The first-order valence-electron chi connectivity index (χ1n) is 5.86. The van der Waals surface area contributed by atoms with Crippen LogP contribution in [-0.2, 0) is 0 Å². The van der Waals surface area contributed by atoms with Crippen LogP contribution in [0.5, 0.6) is 0 Å². The summed E-state index contributed by atoms with van der Waals surface area (Å²) in [6.45, 7) is 8.53. The topological polar surface area (TPSA) is 53.0 Å². The highest BCUT2D eigenvalue weighted by Crippen LogP contribution is 2.28. The molecule has 1 aromatic carbocycles. The van der Waals surface area contributed by atoms with Crippen LogP contribution in [-0.4, -0.2) is 11.2 Å². The van der Waals surface area contributed by atoms with Gasteiger partial charge in [0.1, 0.15) is 0 Å². The van der Waals surface area contributed by atoms with Crippen molar-refractivity contribution in [2.45, 2.75) is 33.7 Å². The summed E-state index contributed by atoms with van der Waals surface area (Å²) in [5, 5.41) is 9.15. The number of hydrogen-bond acceptors (Lipinski definition) is 2. The molecular formula is C14H19N3S. The van der Waals surface area contributed by atoms with Gasteiger partial charge in [-0.3, -0.25) is 0 Å². The molecule has 0 fully saturated rings. The van der Waals surface area contributed by atoms with E-state index in [4.69, 9.17) is 23.2 Å². The third kappa shape index (κ3) is 3.21. The molecule has 0 aromatic heterocycles. The molecule has 1 atom stereocenters. The highest BCUT2D eigenvalue weighted by molar-refractivity contribution is 7.80. The molecule has 0 amide bonds. The lowest BCUT2D eigenvalue weighted by atomic mass is 9.87. The zero-order valence-corrected chi connectivity index (χ0v) is 12.1. The molecule has 0 radical (unpaired) electrons. The molecule has 1 unspecified atom stereocenters. The summed E-state index contributed by atoms with van der Waals surface area (Å²) in [6.07, 6.45) is 0. The van der Waals surface area contributed by atoms with Crippen LogP contribution in [0.25, 0.3) is 0 Å². The zero-order valence-electron chi connectivity index (χ0n) is 11.3. The fraction of sp³-hybridized carbons (Fsp3) is 0.429. The summed E-state index contributed by atoms with van der Waals surface area (Å²) in [7, 11) is 0. The first-order chi connectivity index (χ1) is 8.27. The van der Waals surface area contributed by atoms with E-state index in [-0.39, 0.29) is 11.5 Å². The number of thiocarbonyl (C=S) groups is 1. The maximum atomic E-state index is 8.80. The summed E-state index contributed by atoms with van der Waals surface area (Å²) >= 11 is 5.14. The molecule has 18 heavy (non-hydrogen) atoms. The summed E-state index contributed by atoms with van der Waals surface area (Å²) < 4.78 is 0. The van der Waals surface area contributed by atoms with Crippen LogP contribution in [0.1, 0.15) is 33.3 Å². The normalized spacial score (nSPS) is 12.6. The van der Waals surface area contributed by atoms with Gasteiger partial charge in [0.2, 0.25) is 0 Å². The monoisotopic (exact) mass is 261 g/mol. The van der Waals surface area contributed by atoms with Crippen LogP contribution in [0, 0.1) is 16.7 Å². The summed E-state index contributed by atoms with van der Waals surface area (Å²) in [5.74, 6) is 0. The molecule has 96 valence electrons. The number of nitriles is 1. The van der Waals surface area contributed by atoms with Gasteiger partial charge in [0.15, 0.2) is 5.11 Å². The van der Waals surface area contributed by atoms with E-state index in [0.717, 1.165) is 5.69 Å². The van der Waals surface area contributed by atoms with Gasteiger partial charge in [-0.15, -0.1) is 0 Å². The van der Waals surface area contributed by atoms with Crippen LogP contribution < -0.4 is 10.6 Å². The number of anilines is 1. The van der Waals surface area contributed by atoms with Gasteiger partial charge in [-0.25, -0.2) is 0 Å². The Morgan fingerprint density at radius 1 is 1.33 bits per heavy atom. The van der Waals surface area contributed by atoms with Crippen LogP contribution in [0.4, 0.5) is 5.69 Å². The van der Waals surface area contributed by atoms with E-state index in [2.05, 4.69) is 33.8 Å². The predicted molar refractivity (Wildman–Crippen MR) is 79.3 cm³/mol. The summed E-state index contributed by atoms with van der Waals surface area (Å²) in [5.41, 5.74) is 7.43. The van der Waals surface area contributed by atoms with E-state index < -0.39 is 0 Å². The molecule has 0 aliphatic heterocycles. The van der Waals surface area contributed by atoms with Crippen molar-refractivity contribution in [3.05, 3.63) is 29.8 Å². The molecule has 1 aromatic rings. The SMILES string of the molecule is CC(N(C(N)=S)c1ccc(C#N)cc1)C(C)(C)C. The van der Waals surface area contributed by atoms with E-state index in [1.807, 2.05) is 17.0 Å². The maximum Gasteiger partial charge on any atom is 0.171 e. The van der Waals surface area contributed by atoms with E-state index in [1.54, 1.807) is 12.1 Å². The average molecular weight is 261 g/mol. The summed E-state index contributed by atoms with van der Waals surface area (Å²) in [4.78, 5) is 1.93. The van der Waals surface area contributed by atoms with Crippen LogP contribution in [0.2, 0.25) is 0 Å². The quantitative estimate of drug-likeness (QED) is 0.831. The van der Waals surface area contributed by atoms with Crippen LogP contribution in [0.15, 0.2) is 24.3 Å². The minimum Gasteiger partial charge on any atom is -0.376 e. The predicted octanol–water partition coefficient (Wildman–Crippen LogP) is 3.04. The minimum absolute atomic E-state index is 0.0529. The van der Waals surface area contributed by atoms with Crippen LogP contribution in [0.3, 0.4) is 0 Å². The minimum atomic E-state index is 0.0529. The Morgan fingerprint density at radius 2 is 1.83 bits per heavy atom. The van der Waals surface area contributed by atoms with Crippen molar-refractivity contribution in [3.63, 3.8) is 0 Å². The Hall–Kier alpha value is -1.60. The lowest BCUT2D eigenvalue weighted by Gasteiger charge is -2.38. The van der Waals surface area contributed by atoms with E-state index in [1.165, 1.54) is 0 Å². The molecule has 1 rings (SSSR count). The maximum absolute atomic E-state index is 8.80. The molecule has 0 saturated heterocycles. The molecule has 0 aliphatic rings. The fourth-order valence-electron chi connectivity index (χ4n) is 1.63. The number of benzene rings is 1. The molecular weight excluding hydrogens is 242 g/mol. The van der Waals surface area contributed by atoms with Gasteiger partial charge < -0.3 is 10.6 Å². The molecule has 4 heteroatoms. The number of nitrogens with two attached hydrogens (primary N) is 1. The molecule has 0 saturated carbocycles. The highest BCUT2D eigenvalue weighted by Gasteiger charge is 2.28. The van der Waals surface area contributed by atoms with Crippen molar-refractivity contribution in [3.8, 4) is 6.07 Å². The van der Waals surface area contributed by atoms with Gasteiger partial charge >= 0.3 is 0 Å². The number of hydrogen-bond donors (Lipinski definition) is 1. The Morgan fingerprint density at radius 3 is 2.17 bits per heavy atom. The standard InChI is InChI=1S/C14H19N3S/c1-10(14(2,3)4)17(13(16)18)12-7-5-11(9-15)6-8-12/h5-8,10H,1-4H3,(H2,16,18). The third-order valence-electron chi connectivity index (χ3n) is 3.15. The van der Waals surface area contributed by atoms with Crippen molar-refractivity contribution in [2.75, 3.05) is 4.90 Å². The van der Waals surface area contributed by atoms with Crippen molar-refractivity contribution in [1.82, 2.24) is 0 Å². The van der Waals surface area contributed by atoms with Crippen molar-refractivity contribution >= 4 is 23.0 Å². The lowest BCUT2D eigenvalue weighted by molar-refractivity contribution is 0.340. The second-order valence-electron chi connectivity index (χ2n) is 5.41. The van der Waals surface area contributed by atoms with Gasteiger partial charge in [-0.05, 0) is 48.8 Å². The van der Waals surface area contributed by atoms with Crippen molar-refractivity contribution < 1.29 is 0 Å². The molecule has 3 nitrogen and oxygen atoms in total. The second-order valence-corrected chi connectivity index (χ2v) is 5.83. The van der Waals surface area contributed by atoms with Gasteiger partial charge in [-0.2, -0.15) is 5.26 Å². The highest BCUT2D eigenvalue weighted by atomic mass is 32.1.